The normalized spacial score (nSPS) is 18.1. The van der Waals surface area contributed by atoms with Crippen molar-refractivity contribution in [3.05, 3.63) is 68.7 Å². The van der Waals surface area contributed by atoms with Gasteiger partial charge in [0.05, 0.1) is 23.2 Å². The molecule has 1 N–H and O–H groups in total. The SMILES string of the molecule is CCOc1ccc(/C(O)=C2/C(=O)C(=O)N(CCN(C)C)C2c2cccc(Br)c2)cc1Cl. The van der Waals surface area contributed by atoms with Crippen LogP contribution in [0, 0.1) is 0 Å². The predicted molar refractivity (Wildman–Crippen MR) is 124 cm³/mol. The summed E-state index contributed by atoms with van der Waals surface area (Å²) in [5.74, 6) is -1.13. The van der Waals surface area contributed by atoms with Crippen molar-refractivity contribution in [2.24, 2.45) is 0 Å². The van der Waals surface area contributed by atoms with Crippen molar-refractivity contribution in [2.45, 2.75) is 13.0 Å². The van der Waals surface area contributed by atoms with Crippen molar-refractivity contribution in [1.82, 2.24) is 9.80 Å². The first kappa shape index (κ1) is 23.3. The molecule has 31 heavy (non-hydrogen) atoms. The molecule has 2 aromatic rings. The second kappa shape index (κ2) is 9.85. The number of carbonyl (C=O) groups is 2. The Morgan fingerprint density at radius 3 is 2.58 bits per heavy atom. The van der Waals surface area contributed by atoms with E-state index in [4.69, 9.17) is 16.3 Å². The number of likely N-dealkylation sites (N-methyl/N-ethyl adjacent to an activating group) is 1. The Morgan fingerprint density at radius 1 is 1.23 bits per heavy atom. The summed E-state index contributed by atoms with van der Waals surface area (Å²) in [7, 11) is 3.79. The van der Waals surface area contributed by atoms with Gasteiger partial charge < -0.3 is 19.6 Å². The highest BCUT2D eigenvalue weighted by atomic mass is 79.9. The number of ketones is 1. The first-order valence-corrected chi connectivity index (χ1v) is 11.0. The highest BCUT2D eigenvalue weighted by Gasteiger charge is 2.45. The van der Waals surface area contributed by atoms with Gasteiger partial charge in [-0.05, 0) is 56.9 Å². The van der Waals surface area contributed by atoms with E-state index in [0.717, 1.165) is 10.0 Å². The van der Waals surface area contributed by atoms with E-state index in [1.54, 1.807) is 12.1 Å². The van der Waals surface area contributed by atoms with Gasteiger partial charge in [0.25, 0.3) is 11.7 Å². The van der Waals surface area contributed by atoms with Crippen molar-refractivity contribution >= 4 is 45.0 Å². The number of amides is 1. The van der Waals surface area contributed by atoms with Gasteiger partial charge in [0.2, 0.25) is 0 Å². The lowest BCUT2D eigenvalue weighted by Gasteiger charge is -2.26. The minimum atomic E-state index is -0.716. The van der Waals surface area contributed by atoms with Crippen LogP contribution in [0.5, 0.6) is 5.75 Å². The molecule has 1 saturated heterocycles. The maximum absolute atomic E-state index is 13.0. The number of hydrogen-bond acceptors (Lipinski definition) is 5. The first-order chi connectivity index (χ1) is 14.7. The summed E-state index contributed by atoms with van der Waals surface area (Å²) >= 11 is 9.73. The van der Waals surface area contributed by atoms with Crippen LogP contribution in [0.15, 0.2) is 52.5 Å². The Bertz CT molecular complexity index is 1040. The lowest BCUT2D eigenvalue weighted by Crippen LogP contribution is -2.35. The van der Waals surface area contributed by atoms with Gasteiger partial charge in [0.1, 0.15) is 11.5 Å². The maximum Gasteiger partial charge on any atom is 0.295 e. The quantitative estimate of drug-likeness (QED) is 0.340. The summed E-state index contributed by atoms with van der Waals surface area (Å²) in [4.78, 5) is 29.3. The molecular weight excluding hydrogens is 484 g/mol. The number of carbonyl (C=O) groups excluding carboxylic acids is 2. The molecule has 3 rings (SSSR count). The summed E-state index contributed by atoms with van der Waals surface area (Å²) in [6.07, 6.45) is 0. The smallest absolute Gasteiger partial charge is 0.295 e. The zero-order valence-electron chi connectivity index (χ0n) is 17.6. The first-order valence-electron chi connectivity index (χ1n) is 9.86. The molecule has 0 radical (unpaired) electrons. The number of nitrogens with zero attached hydrogens (tertiary/aromatic N) is 2. The zero-order chi connectivity index (χ0) is 22.7. The molecule has 0 aliphatic carbocycles. The van der Waals surface area contributed by atoms with Crippen molar-refractivity contribution < 1.29 is 19.4 Å². The third kappa shape index (κ3) is 4.95. The van der Waals surface area contributed by atoms with E-state index >= 15 is 0 Å². The predicted octanol–water partition coefficient (Wildman–Crippen LogP) is 4.48. The molecule has 164 valence electrons. The molecule has 1 aliphatic rings. The molecule has 0 aromatic heterocycles. The van der Waals surface area contributed by atoms with E-state index in [0.29, 0.717) is 36.0 Å². The number of halogens is 2. The largest absolute Gasteiger partial charge is 0.507 e. The Kier molecular flexibility index (Phi) is 7.41. The average Bonchev–Trinajstić information content (AvgIpc) is 2.98. The number of aliphatic hydroxyl groups excluding tert-OH is 1. The third-order valence-corrected chi connectivity index (χ3v) is 5.79. The fourth-order valence-corrected chi connectivity index (χ4v) is 4.17. The number of aliphatic hydroxyl groups is 1. The number of Topliss-reactive ketones (excluding diaryl/α,β-unsaturated/α-hetero) is 1. The molecular formula is C23H24BrClN2O4. The fraction of sp³-hybridized carbons (Fsp3) is 0.304. The molecule has 1 heterocycles. The van der Waals surface area contributed by atoms with Crippen LogP contribution in [0.4, 0.5) is 0 Å². The van der Waals surface area contributed by atoms with Crippen LogP contribution in [-0.2, 0) is 9.59 Å². The molecule has 0 bridgehead atoms. The number of benzene rings is 2. The molecule has 1 unspecified atom stereocenters. The highest BCUT2D eigenvalue weighted by molar-refractivity contribution is 9.10. The number of ether oxygens (including phenoxy) is 1. The van der Waals surface area contributed by atoms with Crippen LogP contribution >= 0.6 is 27.5 Å². The minimum absolute atomic E-state index is 0.0436. The van der Waals surface area contributed by atoms with E-state index in [9.17, 15) is 14.7 Å². The van der Waals surface area contributed by atoms with E-state index < -0.39 is 17.7 Å². The monoisotopic (exact) mass is 506 g/mol. The van der Waals surface area contributed by atoms with Gasteiger partial charge >= 0.3 is 0 Å². The Morgan fingerprint density at radius 2 is 1.97 bits per heavy atom. The average molecular weight is 508 g/mol. The van der Waals surface area contributed by atoms with Crippen molar-refractivity contribution in [3.8, 4) is 5.75 Å². The molecule has 1 amide bonds. The van der Waals surface area contributed by atoms with Gasteiger partial charge in [-0.3, -0.25) is 9.59 Å². The van der Waals surface area contributed by atoms with Gasteiger partial charge in [-0.2, -0.15) is 0 Å². The second-order valence-electron chi connectivity index (χ2n) is 7.43. The van der Waals surface area contributed by atoms with Gasteiger partial charge in [-0.25, -0.2) is 0 Å². The summed E-state index contributed by atoms with van der Waals surface area (Å²) in [5, 5.41) is 11.4. The molecule has 1 atom stereocenters. The number of likely N-dealkylation sites (tertiary alicyclic amines) is 1. The van der Waals surface area contributed by atoms with Crippen LogP contribution in [0.25, 0.3) is 5.76 Å². The van der Waals surface area contributed by atoms with Crippen LogP contribution < -0.4 is 4.74 Å². The molecule has 1 aliphatic heterocycles. The van der Waals surface area contributed by atoms with Crippen molar-refractivity contribution in [1.29, 1.82) is 0 Å². The second-order valence-corrected chi connectivity index (χ2v) is 8.75. The summed E-state index contributed by atoms with van der Waals surface area (Å²) in [6.45, 7) is 3.21. The standard InChI is InChI=1S/C23H24BrClN2O4/c1-4-31-18-9-8-15(13-17(18)25)21(28)19-20(14-6-5-7-16(24)12-14)27(11-10-26(2)3)23(30)22(19)29/h5-9,12-13,20,28H,4,10-11H2,1-3H3/b21-19-. The van der Waals surface area contributed by atoms with Gasteiger partial charge in [0.15, 0.2) is 0 Å². The summed E-state index contributed by atoms with van der Waals surface area (Å²) in [5.41, 5.74) is 1.12. The summed E-state index contributed by atoms with van der Waals surface area (Å²) in [6, 6.07) is 11.5. The van der Waals surface area contributed by atoms with E-state index in [1.165, 1.54) is 11.0 Å². The molecule has 6 nitrogen and oxygen atoms in total. The highest BCUT2D eigenvalue weighted by Crippen LogP contribution is 2.40. The fourth-order valence-electron chi connectivity index (χ4n) is 3.52. The number of hydrogen-bond donors (Lipinski definition) is 1. The topological polar surface area (TPSA) is 70.1 Å². The Hall–Kier alpha value is -2.35. The minimum Gasteiger partial charge on any atom is -0.507 e. The van der Waals surface area contributed by atoms with Gasteiger partial charge in [0, 0.05) is 23.1 Å². The van der Waals surface area contributed by atoms with Crippen molar-refractivity contribution in [3.63, 3.8) is 0 Å². The maximum atomic E-state index is 13.0. The van der Waals surface area contributed by atoms with Gasteiger partial charge in [-0.15, -0.1) is 0 Å². The molecule has 2 aromatic carbocycles. The van der Waals surface area contributed by atoms with Crippen LogP contribution in [-0.4, -0.2) is 60.4 Å². The van der Waals surface area contributed by atoms with Crippen LogP contribution in [0.1, 0.15) is 24.1 Å². The molecule has 8 heteroatoms. The summed E-state index contributed by atoms with van der Waals surface area (Å²) < 4.78 is 6.25. The molecule has 0 spiro atoms. The lowest BCUT2D eigenvalue weighted by atomic mass is 9.95. The van der Waals surface area contributed by atoms with Crippen molar-refractivity contribution in [2.75, 3.05) is 33.8 Å². The molecule has 1 fully saturated rings. The zero-order valence-corrected chi connectivity index (χ0v) is 19.9. The number of rotatable bonds is 7. The van der Waals surface area contributed by atoms with Gasteiger partial charge in [-0.1, -0.05) is 39.7 Å². The lowest BCUT2D eigenvalue weighted by molar-refractivity contribution is -0.140. The van der Waals surface area contributed by atoms with E-state index in [2.05, 4.69) is 15.9 Å². The van der Waals surface area contributed by atoms with Crippen LogP contribution in [0.3, 0.4) is 0 Å². The Balaban J connectivity index is 2.13. The van der Waals surface area contributed by atoms with E-state index in [1.807, 2.05) is 50.2 Å². The Labute approximate surface area is 195 Å². The molecule has 0 saturated carbocycles. The van der Waals surface area contributed by atoms with E-state index in [-0.39, 0.29) is 11.3 Å². The van der Waals surface area contributed by atoms with Crippen LogP contribution in [0.2, 0.25) is 5.02 Å². The third-order valence-electron chi connectivity index (χ3n) is 5.00.